The molecule has 0 bridgehead atoms. The average molecular weight is 276 g/mol. The molecule has 3 nitrogen and oxygen atoms in total. The Labute approximate surface area is 96.0 Å². The van der Waals surface area contributed by atoms with Crippen molar-refractivity contribution >= 4 is 38.3 Å². The molecule has 0 amide bonds. The first-order chi connectivity index (χ1) is 7.39. The highest BCUT2D eigenvalue weighted by atomic mass is 79.9. The fraction of sp³-hybridized carbons (Fsp3) is 0.111. The normalized spacial score (nSPS) is 13.9. The van der Waals surface area contributed by atoms with Crippen LogP contribution in [0.4, 0.5) is 0 Å². The van der Waals surface area contributed by atoms with E-state index in [1.165, 1.54) is 0 Å². The van der Waals surface area contributed by atoms with Crippen LogP contribution in [0.25, 0.3) is 10.8 Å². The van der Waals surface area contributed by atoms with Gasteiger partial charge in [0.05, 0.1) is 19.7 Å². The summed E-state index contributed by atoms with van der Waals surface area (Å²) in [5, 5.41) is 6.64. The van der Waals surface area contributed by atoms with Crippen LogP contribution in [0, 0.1) is 0 Å². The number of nitrogens with one attached hydrogen (secondary N) is 1. The van der Waals surface area contributed by atoms with Crippen molar-refractivity contribution < 1.29 is 2.74 Å². The summed E-state index contributed by atoms with van der Waals surface area (Å²) in [5.74, 6) is -2.12. The van der Waals surface area contributed by atoms with Crippen molar-refractivity contribution in [1.29, 1.82) is 0 Å². The summed E-state index contributed by atoms with van der Waals surface area (Å²) in [6.07, 6.45) is 0. The monoisotopic (exact) mass is 274 g/mol. The first-order valence-electron chi connectivity index (χ1n) is 4.77. The van der Waals surface area contributed by atoms with E-state index in [9.17, 15) is 4.79 Å². The number of rotatable bonds is 1. The van der Waals surface area contributed by atoms with E-state index in [1.54, 1.807) is 18.2 Å². The molecule has 72 valence electrons. The molecule has 0 saturated heterocycles. The van der Waals surface area contributed by atoms with Gasteiger partial charge >= 0.3 is 0 Å². The van der Waals surface area contributed by atoms with E-state index in [0.717, 1.165) is 4.47 Å². The summed E-state index contributed by atoms with van der Waals surface area (Å²) >= 11 is 8.83. The van der Waals surface area contributed by atoms with E-state index in [0.29, 0.717) is 10.8 Å². The molecule has 0 aliphatic heterocycles. The zero-order valence-corrected chi connectivity index (χ0v) is 9.19. The molecule has 0 saturated carbocycles. The molecule has 0 aliphatic rings. The van der Waals surface area contributed by atoms with Crippen molar-refractivity contribution in [3.05, 3.63) is 38.7 Å². The number of fused-ring (bicyclic) bond motifs is 1. The zero-order chi connectivity index (χ0) is 11.9. The highest BCUT2D eigenvalue weighted by Gasteiger charge is 2.05. The fourth-order valence-corrected chi connectivity index (χ4v) is 1.71. The first kappa shape index (κ1) is 7.43. The smallest absolute Gasteiger partial charge is 0.267 e. The van der Waals surface area contributed by atoms with Crippen LogP contribution >= 0.6 is 27.5 Å². The molecule has 1 aromatic carbocycles. The summed E-state index contributed by atoms with van der Waals surface area (Å²) < 4.78 is 15.6. The number of nitrogens with zero attached hydrogens (tertiary/aromatic N) is 1. The van der Waals surface area contributed by atoms with Crippen molar-refractivity contribution in [3.63, 3.8) is 0 Å². The van der Waals surface area contributed by atoms with Gasteiger partial charge in [-0.25, -0.2) is 5.10 Å². The van der Waals surface area contributed by atoms with Crippen molar-refractivity contribution in [2.45, 2.75) is 5.83 Å². The molecule has 0 fully saturated rings. The highest BCUT2D eigenvalue weighted by Crippen LogP contribution is 2.19. The van der Waals surface area contributed by atoms with Gasteiger partial charge in [0.2, 0.25) is 0 Å². The molecule has 1 N–H and O–H groups in total. The quantitative estimate of drug-likeness (QED) is 0.813. The minimum absolute atomic E-state index is 0.00469. The van der Waals surface area contributed by atoms with Gasteiger partial charge in [-0.05, 0) is 18.2 Å². The third kappa shape index (κ3) is 1.55. The van der Waals surface area contributed by atoms with Crippen molar-refractivity contribution in [2.24, 2.45) is 0 Å². The zero-order valence-electron chi connectivity index (χ0n) is 8.84. The molecule has 5 heteroatoms. The van der Waals surface area contributed by atoms with Crippen LogP contribution in [0.2, 0.25) is 0 Å². The maximum atomic E-state index is 11.5. The minimum Gasteiger partial charge on any atom is -0.267 e. The molecule has 2 aromatic rings. The lowest BCUT2D eigenvalue weighted by Crippen LogP contribution is -2.10. The molecular weight excluding hydrogens is 267 g/mol. The fourth-order valence-electron chi connectivity index (χ4n) is 1.21. The van der Waals surface area contributed by atoms with Crippen molar-refractivity contribution in [2.75, 3.05) is 0 Å². The predicted octanol–water partition coefficient (Wildman–Crippen LogP) is 2.42. The standard InChI is InChI=1S/C9H6BrClN2O/c10-5-1-2-6-7(3-5)8(4-11)12-13-9(6)14/h1-3H,4H2,(H,13,14)/i4D2. The van der Waals surface area contributed by atoms with Crippen molar-refractivity contribution in [3.8, 4) is 0 Å². The van der Waals surface area contributed by atoms with Gasteiger partial charge < -0.3 is 0 Å². The molecule has 0 spiro atoms. The van der Waals surface area contributed by atoms with Crippen LogP contribution < -0.4 is 5.56 Å². The van der Waals surface area contributed by atoms with Crippen LogP contribution in [0.5, 0.6) is 0 Å². The molecule has 1 heterocycles. The number of hydrogen-bond donors (Lipinski definition) is 1. The van der Waals surface area contributed by atoms with E-state index < -0.39 is 5.83 Å². The largest absolute Gasteiger partial charge is 0.272 e. The number of aromatic nitrogens is 2. The van der Waals surface area contributed by atoms with Crippen LogP contribution in [0.1, 0.15) is 8.44 Å². The van der Waals surface area contributed by atoms with E-state index in [2.05, 4.69) is 26.1 Å². The molecule has 14 heavy (non-hydrogen) atoms. The first-order valence-corrected chi connectivity index (χ1v) is 4.94. The number of H-pyrrole nitrogens is 1. The second kappa shape index (κ2) is 3.71. The molecule has 0 radical (unpaired) electrons. The molecule has 0 atom stereocenters. The minimum atomic E-state index is -2.12. The SMILES string of the molecule is [2H]C([2H])(Cl)c1n[nH]c(=O)c2ccc(Br)cc12. The second-order valence-corrected chi connectivity index (χ2v) is 3.79. The number of halogens is 2. The molecule has 0 aliphatic carbocycles. The maximum Gasteiger partial charge on any atom is 0.272 e. The number of aromatic amines is 1. The van der Waals surface area contributed by atoms with Crippen LogP contribution in [0.3, 0.4) is 0 Å². The van der Waals surface area contributed by atoms with E-state index in [4.69, 9.17) is 14.3 Å². The Balaban J connectivity index is 2.92. The highest BCUT2D eigenvalue weighted by molar-refractivity contribution is 9.10. The lowest BCUT2D eigenvalue weighted by molar-refractivity contribution is 0.961. The molecule has 1 aromatic heterocycles. The lowest BCUT2D eigenvalue weighted by Gasteiger charge is -2.01. The summed E-state index contributed by atoms with van der Waals surface area (Å²) in [6, 6.07) is 4.91. The van der Waals surface area contributed by atoms with Gasteiger partial charge in [0.15, 0.2) is 0 Å². The molecule has 2 rings (SSSR count). The van der Waals surface area contributed by atoms with Crippen LogP contribution in [-0.2, 0) is 5.83 Å². The number of hydrogen-bond acceptors (Lipinski definition) is 2. The predicted molar refractivity (Wildman–Crippen MR) is 59.6 cm³/mol. The van der Waals surface area contributed by atoms with Gasteiger partial charge in [0.25, 0.3) is 5.56 Å². The summed E-state index contributed by atoms with van der Waals surface area (Å²) in [7, 11) is 0. The Morgan fingerprint density at radius 2 is 2.36 bits per heavy atom. The van der Waals surface area contributed by atoms with Crippen LogP contribution in [-0.4, -0.2) is 10.2 Å². The summed E-state index contributed by atoms with van der Waals surface area (Å²) in [4.78, 5) is 11.5. The van der Waals surface area contributed by atoms with E-state index >= 15 is 0 Å². The Morgan fingerprint density at radius 1 is 1.57 bits per heavy atom. The lowest BCUT2D eigenvalue weighted by atomic mass is 10.1. The van der Waals surface area contributed by atoms with E-state index in [1.807, 2.05) is 0 Å². The Bertz CT molecular complexity index is 608. The maximum absolute atomic E-state index is 11.5. The van der Waals surface area contributed by atoms with Gasteiger partial charge in [-0.3, -0.25) is 4.79 Å². The topological polar surface area (TPSA) is 45.8 Å². The Kier molecular flexibility index (Phi) is 1.97. The Morgan fingerprint density at radius 3 is 3.07 bits per heavy atom. The van der Waals surface area contributed by atoms with E-state index in [-0.39, 0.29) is 11.3 Å². The second-order valence-electron chi connectivity index (χ2n) is 2.69. The third-order valence-corrected chi connectivity index (χ3v) is 2.51. The van der Waals surface area contributed by atoms with Crippen LogP contribution in [0.15, 0.2) is 27.5 Å². The Hall–Kier alpha value is -0.870. The van der Waals surface area contributed by atoms with Gasteiger partial charge in [-0.1, -0.05) is 15.9 Å². The van der Waals surface area contributed by atoms with Gasteiger partial charge in [-0.15, -0.1) is 11.6 Å². The molecular formula is C9H6BrClN2O. The molecule has 0 unspecified atom stereocenters. The van der Waals surface area contributed by atoms with Crippen molar-refractivity contribution in [1.82, 2.24) is 10.2 Å². The number of benzene rings is 1. The number of alkyl halides is 1. The van der Waals surface area contributed by atoms with Gasteiger partial charge in [-0.2, -0.15) is 5.10 Å². The average Bonchev–Trinajstić information content (AvgIpc) is 2.15. The van der Waals surface area contributed by atoms with Gasteiger partial charge in [0, 0.05) is 9.86 Å². The summed E-state index contributed by atoms with van der Waals surface area (Å²) in [6.45, 7) is 0. The summed E-state index contributed by atoms with van der Waals surface area (Å²) in [5.41, 5.74) is -0.364. The van der Waals surface area contributed by atoms with Gasteiger partial charge in [0.1, 0.15) is 0 Å². The third-order valence-electron chi connectivity index (χ3n) is 1.84.